The molecule has 3 aromatic rings. The minimum Gasteiger partial charge on any atom is -0.489 e. The van der Waals surface area contributed by atoms with Gasteiger partial charge in [-0.2, -0.15) is 0 Å². The van der Waals surface area contributed by atoms with Gasteiger partial charge in [-0.1, -0.05) is 41.9 Å². The van der Waals surface area contributed by atoms with Crippen LogP contribution in [0.15, 0.2) is 72.8 Å². The van der Waals surface area contributed by atoms with E-state index in [0.29, 0.717) is 18.2 Å². The summed E-state index contributed by atoms with van der Waals surface area (Å²) >= 11 is 5.89. The van der Waals surface area contributed by atoms with Crippen LogP contribution in [0.1, 0.15) is 11.1 Å². The van der Waals surface area contributed by atoms with E-state index in [2.05, 4.69) is 5.32 Å². The summed E-state index contributed by atoms with van der Waals surface area (Å²) in [6.45, 7) is 0.955. The van der Waals surface area contributed by atoms with Gasteiger partial charge in [0.1, 0.15) is 18.2 Å². The monoisotopic (exact) mass is 341 g/mol. The fraction of sp³-hybridized carbons (Fsp3) is 0.100. The van der Waals surface area contributed by atoms with Gasteiger partial charge in [-0.15, -0.1) is 0 Å². The molecular formula is C20H17ClFNO. The predicted molar refractivity (Wildman–Crippen MR) is 96.0 cm³/mol. The molecule has 0 atom stereocenters. The molecule has 0 spiro atoms. The number of halogens is 2. The highest BCUT2D eigenvalue weighted by Crippen LogP contribution is 2.21. The summed E-state index contributed by atoms with van der Waals surface area (Å²) in [5, 5.41) is 4.04. The molecule has 1 N–H and O–H groups in total. The molecule has 0 aliphatic rings. The number of anilines is 1. The van der Waals surface area contributed by atoms with Crippen molar-refractivity contribution in [3.8, 4) is 5.75 Å². The first kappa shape index (κ1) is 16.3. The van der Waals surface area contributed by atoms with Crippen LogP contribution in [0.3, 0.4) is 0 Å². The van der Waals surface area contributed by atoms with E-state index >= 15 is 0 Å². The maximum atomic E-state index is 13.2. The highest BCUT2D eigenvalue weighted by molar-refractivity contribution is 6.30. The summed E-state index contributed by atoms with van der Waals surface area (Å²) in [6.07, 6.45) is 0. The van der Waals surface area contributed by atoms with Gasteiger partial charge in [-0.05, 0) is 48.0 Å². The molecule has 4 heteroatoms. The first-order valence-electron chi connectivity index (χ1n) is 7.65. The molecule has 0 unspecified atom stereocenters. The zero-order valence-corrected chi connectivity index (χ0v) is 13.8. The molecule has 0 aromatic heterocycles. The minimum atomic E-state index is -0.256. The van der Waals surface area contributed by atoms with Crippen molar-refractivity contribution in [1.82, 2.24) is 0 Å². The van der Waals surface area contributed by atoms with Crippen molar-refractivity contribution >= 4 is 17.3 Å². The molecule has 0 saturated carbocycles. The van der Waals surface area contributed by atoms with Gasteiger partial charge in [0.05, 0.1) is 0 Å². The Morgan fingerprint density at radius 3 is 2.50 bits per heavy atom. The fourth-order valence-corrected chi connectivity index (χ4v) is 2.47. The lowest BCUT2D eigenvalue weighted by atomic mass is 10.2. The molecule has 0 aliphatic carbocycles. The molecule has 3 rings (SSSR count). The molecule has 0 radical (unpaired) electrons. The largest absolute Gasteiger partial charge is 0.489 e. The molecule has 0 fully saturated rings. The highest BCUT2D eigenvalue weighted by atomic mass is 35.5. The molecule has 0 saturated heterocycles. The topological polar surface area (TPSA) is 21.3 Å². The van der Waals surface area contributed by atoms with Crippen LogP contribution in [0.4, 0.5) is 10.1 Å². The van der Waals surface area contributed by atoms with E-state index in [1.54, 1.807) is 6.07 Å². The van der Waals surface area contributed by atoms with Gasteiger partial charge < -0.3 is 10.1 Å². The number of para-hydroxylation sites is 1. The molecule has 3 aromatic carbocycles. The summed E-state index contributed by atoms with van der Waals surface area (Å²) in [5.74, 6) is 0.525. The molecule has 0 bridgehead atoms. The van der Waals surface area contributed by atoms with Crippen LogP contribution >= 0.6 is 11.6 Å². The quantitative estimate of drug-likeness (QED) is 0.623. The van der Waals surface area contributed by atoms with Crippen LogP contribution in [0.2, 0.25) is 5.02 Å². The van der Waals surface area contributed by atoms with E-state index in [0.717, 1.165) is 22.6 Å². The number of rotatable bonds is 6. The van der Waals surface area contributed by atoms with Crippen molar-refractivity contribution in [2.45, 2.75) is 13.2 Å². The lowest BCUT2D eigenvalue weighted by Gasteiger charge is -2.13. The Labute approximate surface area is 145 Å². The second-order valence-electron chi connectivity index (χ2n) is 5.39. The Bertz CT molecular complexity index is 805. The molecule has 0 heterocycles. The molecule has 24 heavy (non-hydrogen) atoms. The Morgan fingerprint density at radius 1 is 0.917 bits per heavy atom. The molecule has 2 nitrogen and oxygen atoms in total. The summed E-state index contributed by atoms with van der Waals surface area (Å²) in [4.78, 5) is 0. The maximum absolute atomic E-state index is 13.2. The van der Waals surface area contributed by atoms with Crippen molar-refractivity contribution < 1.29 is 9.13 Å². The first-order valence-corrected chi connectivity index (χ1v) is 8.03. The number of hydrogen-bond donors (Lipinski definition) is 1. The predicted octanol–water partition coefficient (Wildman–Crippen LogP) is 5.67. The smallest absolute Gasteiger partial charge is 0.124 e. The van der Waals surface area contributed by atoms with Gasteiger partial charge in [-0.25, -0.2) is 4.39 Å². The van der Waals surface area contributed by atoms with E-state index < -0.39 is 0 Å². The van der Waals surface area contributed by atoms with Gasteiger partial charge >= 0.3 is 0 Å². The van der Waals surface area contributed by atoms with Crippen LogP contribution in [-0.4, -0.2) is 0 Å². The van der Waals surface area contributed by atoms with Gasteiger partial charge in [-0.3, -0.25) is 0 Å². The van der Waals surface area contributed by atoms with Gasteiger partial charge in [0, 0.05) is 22.8 Å². The lowest BCUT2D eigenvalue weighted by Crippen LogP contribution is -2.03. The van der Waals surface area contributed by atoms with Crippen molar-refractivity contribution in [1.29, 1.82) is 0 Å². The number of hydrogen-bond acceptors (Lipinski definition) is 2. The Balaban J connectivity index is 1.65. The van der Waals surface area contributed by atoms with Crippen LogP contribution in [-0.2, 0) is 13.2 Å². The Hall–Kier alpha value is -2.52. The van der Waals surface area contributed by atoms with E-state index in [1.807, 2.05) is 54.6 Å². The van der Waals surface area contributed by atoms with Gasteiger partial charge in [0.2, 0.25) is 0 Å². The molecule has 122 valence electrons. The molecular weight excluding hydrogens is 325 g/mol. The van der Waals surface area contributed by atoms with Crippen molar-refractivity contribution in [3.63, 3.8) is 0 Å². The fourth-order valence-electron chi connectivity index (χ4n) is 2.34. The zero-order chi connectivity index (χ0) is 16.8. The third-order valence-corrected chi connectivity index (χ3v) is 3.84. The van der Waals surface area contributed by atoms with E-state index in [1.165, 1.54) is 12.1 Å². The third-order valence-electron chi connectivity index (χ3n) is 3.58. The standard InChI is InChI=1S/C20H17ClFNO/c21-17-8-10-19(11-9-17)23-13-16-5-1-2-7-20(16)24-14-15-4-3-6-18(22)12-15/h1-12,23H,13-14H2. The van der Waals surface area contributed by atoms with E-state index in [-0.39, 0.29) is 5.82 Å². The van der Waals surface area contributed by atoms with E-state index in [4.69, 9.17) is 16.3 Å². The molecule has 0 amide bonds. The van der Waals surface area contributed by atoms with Crippen LogP contribution in [0, 0.1) is 5.82 Å². The van der Waals surface area contributed by atoms with Gasteiger partial charge in [0.25, 0.3) is 0 Å². The second kappa shape index (κ2) is 7.84. The SMILES string of the molecule is Fc1cccc(COc2ccccc2CNc2ccc(Cl)cc2)c1. The average Bonchev–Trinajstić information content (AvgIpc) is 2.60. The molecule has 0 aliphatic heterocycles. The maximum Gasteiger partial charge on any atom is 0.124 e. The number of ether oxygens (including phenoxy) is 1. The minimum absolute atomic E-state index is 0.256. The number of nitrogens with one attached hydrogen (secondary N) is 1. The Kier molecular flexibility index (Phi) is 5.34. The second-order valence-corrected chi connectivity index (χ2v) is 5.82. The van der Waals surface area contributed by atoms with Crippen LogP contribution in [0.5, 0.6) is 5.75 Å². The summed E-state index contributed by atoms with van der Waals surface area (Å²) < 4.78 is 19.1. The number of benzene rings is 3. The summed E-state index contributed by atoms with van der Waals surface area (Å²) in [5.41, 5.74) is 2.82. The first-order chi connectivity index (χ1) is 11.7. The van der Waals surface area contributed by atoms with Crippen molar-refractivity contribution in [3.05, 3.63) is 94.8 Å². The lowest BCUT2D eigenvalue weighted by molar-refractivity contribution is 0.302. The third kappa shape index (κ3) is 4.49. The average molecular weight is 342 g/mol. The van der Waals surface area contributed by atoms with Gasteiger partial charge in [0.15, 0.2) is 0 Å². The van der Waals surface area contributed by atoms with E-state index in [9.17, 15) is 4.39 Å². The summed E-state index contributed by atoms with van der Waals surface area (Å²) in [7, 11) is 0. The van der Waals surface area contributed by atoms with Crippen LogP contribution in [0.25, 0.3) is 0 Å². The van der Waals surface area contributed by atoms with Crippen LogP contribution < -0.4 is 10.1 Å². The normalized spacial score (nSPS) is 10.4. The highest BCUT2D eigenvalue weighted by Gasteiger charge is 2.04. The Morgan fingerprint density at radius 2 is 1.71 bits per heavy atom. The van der Waals surface area contributed by atoms with Crippen molar-refractivity contribution in [2.24, 2.45) is 0 Å². The zero-order valence-electron chi connectivity index (χ0n) is 13.0. The van der Waals surface area contributed by atoms with Crippen molar-refractivity contribution in [2.75, 3.05) is 5.32 Å². The summed E-state index contributed by atoms with van der Waals surface area (Å²) in [6, 6.07) is 21.8.